The van der Waals surface area contributed by atoms with Crippen molar-refractivity contribution in [3.8, 4) is 0 Å². The summed E-state index contributed by atoms with van der Waals surface area (Å²) in [5, 5.41) is 0. The van der Waals surface area contributed by atoms with Crippen molar-refractivity contribution in [2.24, 2.45) is 5.92 Å². The number of alkyl halides is 3. The van der Waals surface area contributed by atoms with Crippen molar-refractivity contribution in [1.29, 1.82) is 0 Å². The van der Waals surface area contributed by atoms with Crippen LogP contribution in [0.5, 0.6) is 0 Å². The molecule has 1 nitrogen and oxygen atoms in total. The third-order valence-corrected chi connectivity index (χ3v) is 2.41. The van der Waals surface area contributed by atoms with E-state index in [0.717, 1.165) is 0 Å². The maximum atomic E-state index is 12.0. The van der Waals surface area contributed by atoms with E-state index >= 15 is 0 Å². The third-order valence-electron chi connectivity index (χ3n) is 2.41. The summed E-state index contributed by atoms with van der Waals surface area (Å²) in [5.41, 5.74) is -0.509. The maximum absolute atomic E-state index is 12.0. The van der Waals surface area contributed by atoms with E-state index in [1.54, 1.807) is 0 Å². The minimum atomic E-state index is -4.15. The van der Waals surface area contributed by atoms with E-state index in [1.165, 1.54) is 6.92 Å². The lowest BCUT2D eigenvalue weighted by Crippen LogP contribution is -2.36. The van der Waals surface area contributed by atoms with E-state index in [4.69, 9.17) is 4.74 Å². The van der Waals surface area contributed by atoms with E-state index < -0.39 is 24.3 Å². The van der Waals surface area contributed by atoms with Gasteiger partial charge in [0.25, 0.3) is 0 Å². The molecule has 0 aliphatic rings. The summed E-state index contributed by atoms with van der Waals surface area (Å²) in [5.74, 6) is 0.193. The highest BCUT2D eigenvalue weighted by Gasteiger charge is 2.34. The molecule has 0 saturated heterocycles. The molecular formula is C10H19F3O. The second-order valence-corrected chi connectivity index (χ2v) is 4.51. The van der Waals surface area contributed by atoms with Crippen LogP contribution >= 0.6 is 0 Å². The van der Waals surface area contributed by atoms with Crippen LogP contribution in [-0.2, 0) is 4.74 Å². The zero-order valence-electron chi connectivity index (χ0n) is 9.40. The van der Waals surface area contributed by atoms with E-state index in [2.05, 4.69) is 0 Å². The lowest BCUT2D eigenvalue weighted by molar-refractivity contribution is -0.180. The van der Waals surface area contributed by atoms with Gasteiger partial charge < -0.3 is 4.74 Å². The minimum Gasteiger partial charge on any atom is -0.372 e. The average Bonchev–Trinajstić information content (AvgIpc) is 1.79. The first-order chi connectivity index (χ1) is 6.04. The lowest BCUT2D eigenvalue weighted by Gasteiger charge is -2.33. The van der Waals surface area contributed by atoms with Gasteiger partial charge in [-0.1, -0.05) is 13.8 Å². The van der Waals surface area contributed by atoms with Crippen molar-refractivity contribution in [1.82, 2.24) is 0 Å². The van der Waals surface area contributed by atoms with E-state index in [0.29, 0.717) is 0 Å². The van der Waals surface area contributed by atoms with Gasteiger partial charge in [0.05, 0.1) is 18.1 Å². The van der Waals surface area contributed by atoms with Gasteiger partial charge in [-0.15, -0.1) is 0 Å². The fourth-order valence-corrected chi connectivity index (χ4v) is 1.02. The van der Waals surface area contributed by atoms with Crippen molar-refractivity contribution in [3.05, 3.63) is 0 Å². The number of halogens is 3. The molecule has 0 aromatic heterocycles. The monoisotopic (exact) mass is 212 g/mol. The summed E-state index contributed by atoms with van der Waals surface area (Å²) in [6.45, 7) is 8.94. The van der Waals surface area contributed by atoms with Gasteiger partial charge in [0.1, 0.15) is 0 Å². The van der Waals surface area contributed by atoms with Gasteiger partial charge in [0.2, 0.25) is 0 Å². The molecule has 0 aliphatic carbocycles. The van der Waals surface area contributed by atoms with E-state index in [1.807, 2.05) is 27.7 Å². The number of ether oxygens (including phenoxy) is 1. The normalized spacial score (nSPS) is 16.1. The molecule has 1 atom stereocenters. The Bertz CT molecular complexity index is 173. The van der Waals surface area contributed by atoms with E-state index in [9.17, 15) is 13.2 Å². The van der Waals surface area contributed by atoms with Crippen molar-refractivity contribution in [2.75, 3.05) is 0 Å². The number of rotatable bonds is 4. The lowest BCUT2D eigenvalue weighted by atomic mass is 9.94. The van der Waals surface area contributed by atoms with Crippen LogP contribution in [0.3, 0.4) is 0 Å². The highest BCUT2D eigenvalue weighted by atomic mass is 19.4. The molecule has 0 bridgehead atoms. The fraction of sp³-hybridized carbons (Fsp3) is 1.00. The SMILES string of the molecule is CC(CC(F)(F)F)OC(C)(C)C(C)C. The van der Waals surface area contributed by atoms with Crippen molar-refractivity contribution >= 4 is 0 Å². The molecule has 86 valence electrons. The molecule has 1 unspecified atom stereocenters. The predicted octanol–water partition coefficient (Wildman–Crippen LogP) is 3.78. The zero-order chi connectivity index (χ0) is 11.6. The Morgan fingerprint density at radius 2 is 1.50 bits per heavy atom. The standard InChI is InChI=1S/C10H19F3O/c1-7(2)9(4,5)14-8(3)6-10(11,12)13/h7-8H,6H2,1-5H3. The van der Waals surface area contributed by atoms with Crippen LogP contribution in [0, 0.1) is 5.92 Å². The molecule has 4 heteroatoms. The van der Waals surface area contributed by atoms with Crippen LogP contribution in [-0.4, -0.2) is 17.9 Å². The van der Waals surface area contributed by atoms with Crippen molar-refractivity contribution < 1.29 is 17.9 Å². The molecule has 0 aromatic carbocycles. The minimum absolute atomic E-state index is 0.193. The first-order valence-corrected chi connectivity index (χ1v) is 4.79. The fourth-order valence-electron chi connectivity index (χ4n) is 1.02. The molecule has 0 rings (SSSR count). The van der Waals surface area contributed by atoms with Gasteiger partial charge in [-0.2, -0.15) is 13.2 Å². The molecule has 0 spiro atoms. The molecule has 0 N–H and O–H groups in total. The van der Waals surface area contributed by atoms with Crippen LogP contribution in [0.1, 0.15) is 41.0 Å². The predicted molar refractivity (Wildman–Crippen MR) is 50.1 cm³/mol. The van der Waals surface area contributed by atoms with Crippen LogP contribution in [0.4, 0.5) is 13.2 Å². The third kappa shape index (κ3) is 5.47. The Hall–Kier alpha value is -0.250. The summed E-state index contributed by atoms with van der Waals surface area (Å²) in [6, 6.07) is 0. The summed E-state index contributed by atoms with van der Waals surface area (Å²) >= 11 is 0. The van der Waals surface area contributed by atoms with Crippen LogP contribution in [0.25, 0.3) is 0 Å². The van der Waals surface area contributed by atoms with Gasteiger partial charge >= 0.3 is 6.18 Å². The molecule has 14 heavy (non-hydrogen) atoms. The largest absolute Gasteiger partial charge is 0.391 e. The smallest absolute Gasteiger partial charge is 0.372 e. The molecule has 0 fully saturated rings. The van der Waals surface area contributed by atoms with Crippen LogP contribution in [0.2, 0.25) is 0 Å². The zero-order valence-corrected chi connectivity index (χ0v) is 9.40. The van der Waals surface area contributed by atoms with Gasteiger partial charge in [-0.25, -0.2) is 0 Å². The maximum Gasteiger partial charge on any atom is 0.391 e. The Morgan fingerprint density at radius 1 is 1.07 bits per heavy atom. The summed E-state index contributed by atoms with van der Waals surface area (Å²) < 4.78 is 41.4. The van der Waals surface area contributed by atoms with Crippen molar-refractivity contribution in [3.63, 3.8) is 0 Å². The Kier molecular flexibility index (Phi) is 4.43. The Labute approximate surface area is 83.6 Å². The molecule has 0 amide bonds. The van der Waals surface area contributed by atoms with Crippen molar-refractivity contribution in [2.45, 2.75) is 58.9 Å². The summed E-state index contributed by atoms with van der Waals surface area (Å²) in [7, 11) is 0. The molecule has 0 saturated carbocycles. The van der Waals surface area contributed by atoms with Crippen LogP contribution < -0.4 is 0 Å². The molecular weight excluding hydrogens is 193 g/mol. The van der Waals surface area contributed by atoms with E-state index in [-0.39, 0.29) is 5.92 Å². The molecule has 0 radical (unpaired) electrons. The quantitative estimate of drug-likeness (QED) is 0.689. The van der Waals surface area contributed by atoms with Gasteiger partial charge in [0.15, 0.2) is 0 Å². The first-order valence-electron chi connectivity index (χ1n) is 4.79. The molecule has 0 heterocycles. The Balaban J connectivity index is 4.12. The second-order valence-electron chi connectivity index (χ2n) is 4.51. The second kappa shape index (κ2) is 4.51. The van der Waals surface area contributed by atoms with Gasteiger partial charge in [0, 0.05) is 0 Å². The first kappa shape index (κ1) is 13.8. The van der Waals surface area contributed by atoms with Gasteiger partial charge in [-0.05, 0) is 26.7 Å². The Morgan fingerprint density at radius 3 is 1.79 bits per heavy atom. The molecule has 0 aliphatic heterocycles. The number of hydrogen-bond acceptors (Lipinski definition) is 1. The highest BCUT2D eigenvalue weighted by molar-refractivity contribution is 4.75. The topological polar surface area (TPSA) is 9.23 Å². The average molecular weight is 212 g/mol. The number of hydrogen-bond donors (Lipinski definition) is 0. The van der Waals surface area contributed by atoms with Gasteiger partial charge in [-0.3, -0.25) is 0 Å². The highest BCUT2D eigenvalue weighted by Crippen LogP contribution is 2.28. The molecule has 0 aromatic rings. The summed E-state index contributed by atoms with van der Waals surface area (Å²) in [6.07, 6.45) is -5.82. The summed E-state index contributed by atoms with van der Waals surface area (Å²) in [4.78, 5) is 0. The van der Waals surface area contributed by atoms with Crippen LogP contribution in [0.15, 0.2) is 0 Å².